The maximum Gasteiger partial charge on any atom is 0.420 e. The van der Waals surface area contributed by atoms with Gasteiger partial charge in [0.15, 0.2) is 0 Å². The Morgan fingerprint density at radius 2 is 2.11 bits per heavy atom. The molecule has 0 bridgehead atoms. The Hall–Kier alpha value is -1.78. The van der Waals surface area contributed by atoms with E-state index in [-0.39, 0.29) is 18.7 Å². The average Bonchev–Trinajstić information content (AvgIpc) is 2.34. The maximum atomic E-state index is 12.7. The minimum atomic E-state index is -4.63. The second-order valence-electron chi connectivity index (χ2n) is 3.52. The summed E-state index contributed by atoms with van der Waals surface area (Å²) in [4.78, 5) is 0. The summed E-state index contributed by atoms with van der Waals surface area (Å²) in [5.74, 6) is -0.436. The summed E-state index contributed by atoms with van der Waals surface area (Å²) in [6.45, 7) is -0.455. The van der Waals surface area contributed by atoms with E-state index in [0.717, 1.165) is 6.07 Å². The SMILES string of the molecule is N#Cc1ccc(OCC(O)CN)c(C(F)(F)F)c1. The molecule has 1 atom stereocenters. The lowest BCUT2D eigenvalue weighted by molar-refractivity contribution is -0.139. The van der Waals surface area contributed by atoms with Crippen molar-refractivity contribution in [2.75, 3.05) is 13.2 Å². The Balaban J connectivity index is 3.01. The number of halogens is 3. The summed E-state index contributed by atoms with van der Waals surface area (Å²) in [6.07, 6.45) is -5.67. The number of nitriles is 1. The van der Waals surface area contributed by atoms with E-state index in [1.807, 2.05) is 0 Å². The van der Waals surface area contributed by atoms with Gasteiger partial charge in [-0.1, -0.05) is 0 Å². The quantitative estimate of drug-likeness (QED) is 0.854. The third-order valence-corrected chi connectivity index (χ3v) is 2.12. The Bertz CT molecular complexity index is 455. The first kappa shape index (κ1) is 14.3. The number of hydrogen-bond acceptors (Lipinski definition) is 4. The van der Waals surface area contributed by atoms with Crippen LogP contribution in [0.2, 0.25) is 0 Å². The first-order chi connectivity index (χ1) is 8.38. The third-order valence-electron chi connectivity index (χ3n) is 2.12. The molecule has 1 aromatic rings. The molecule has 0 amide bonds. The molecular formula is C11H11F3N2O2. The Morgan fingerprint density at radius 1 is 1.44 bits per heavy atom. The molecule has 0 radical (unpaired) electrons. The van der Waals surface area contributed by atoms with Crippen LogP contribution in [0.5, 0.6) is 5.75 Å². The molecule has 7 heteroatoms. The van der Waals surface area contributed by atoms with Gasteiger partial charge in [-0.3, -0.25) is 0 Å². The van der Waals surface area contributed by atoms with E-state index >= 15 is 0 Å². The molecule has 0 aliphatic carbocycles. The molecule has 0 saturated heterocycles. The van der Waals surface area contributed by atoms with Gasteiger partial charge in [0.1, 0.15) is 18.5 Å². The molecule has 0 aromatic heterocycles. The van der Waals surface area contributed by atoms with Gasteiger partial charge in [-0.2, -0.15) is 18.4 Å². The fourth-order valence-corrected chi connectivity index (χ4v) is 1.20. The second-order valence-corrected chi connectivity index (χ2v) is 3.52. The molecule has 0 heterocycles. The molecule has 18 heavy (non-hydrogen) atoms. The highest BCUT2D eigenvalue weighted by Gasteiger charge is 2.34. The van der Waals surface area contributed by atoms with Crippen molar-refractivity contribution in [3.63, 3.8) is 0 Å². The van der Waals surface area contributed by atoms with Crippen LogP contribution in [0.3, 0.4) is 0 Å². The van der Waals surface area contributed by atoms with Crippen LogP contribution in [0.4, 0.5) is 13.2 Å². The highest BCUT2D eigenvalue weighted by atomic mass is 19.4. The fourth-order valence-electron chi connectivity index (χ4n) is 1.20. The van der Waals surface area contributed by atoms with Crippen molar-refractivity contribution in [2.45, 2.75) is 12.3 Å². The van der Waals surface area contributed by atoms with Gasteiger partial charge in [-0.05, 0) is 18.2 Å². The highest BCUT2D eigenvalue weighted by molar-refractivity contribution is 5.43. The van der Waals surface area contributed by atoms with E-state index in [9.17, 15) is 13.2 Å². The summed E-state index contributed by atoms with van der Waals surface area (Å²) < 4.78 is 42.9. The second kappa shape index (κ2) is 5.71. The lowest BCUT2D eigenvalue weighted by atomic mass is 10.1. The van der Waals surface area contributed by atoms with Crippen LogP contribution in [0.15, 0.2) is 18.2 Å². The number of benzene rings is 1. The van der Waals surface area contributed by atoms with Gasteiger partial charge >= 0.3 is 6.18 Å². The van der Waals surface area contributed by atoms with Crippen molar-refractivity contribution in [1.82, 2.24) is 0 Å². The normalized spacial score (nSPS) is 12.9. The van der Waals surface area contributed by atoms with Gasteiger partial charge in [-0.25, -0.2) is 0 Å². The van der Waals surface area contributed by atoms with Crippen LogP contribution in [0, 0.1) is 11.3 Å². The smallest absolute Gasteiger partial charge is 0.420 e. The van der Waals surface area contributed by atoms with Gasteiger partial charge in [0.2, 0.25) is 0 Å². The predicted molar refractivity (Wildman–Crippen MR) is 56.7 cm³/mol. The van der Waals surface area contributed by atoms with Gasteiger partial charge in [0.25, 0.3) is 0 Å². The van der Waals surface area contributed by atoms with Crippen LogP contribution in [-0.4, -0.2) is 24.4 Å². The zero-order valence-electron chi connectivity index (χ0n) is 9.24. The molecule has 4 nitrogen and oxygen atoms in total. The summed E-state index contributed by atoms with van der Waals surface area (Å²) >= 11 is 0. The standard InChI is InChI=1S/C11H11F3N2O2/c12-11(13,14)9-3-7(4-15)1-2-10(9)18-6-8(17)5-16/h1-3,8,17H,5-6,16H2. The Labute approximate surface area is 101 Å². The number of hydrogen-bond donors (Lipinski definition) is 2. The minimum Gasteiger partial charge on any atom is -0.490 e. The minimum absolute atomic E-state index is 0.113. The number of aliphatic hydroxyl groups is 1. The molecule has 0 aliphatic heterocycles. The topological polar surface area (TPSA) is 79.3 Å². The van der Waals surface area contributed by atoms with Crippen LogP contribution < -0.4 is 10.5 Å². The first-order valence-corrected chi connectivity index (χ1v) is 5.00. The molecule has 3 N–H and O–H groups in total. The van der Waals surface area contributed by atoms with E-state index < -0.39 is 23.6 Å². The number of rotatable bonds is 4. The van der Waals surface area contributed by atoms with E-state index in [1.54, 1.807) is 6.07 Å². The highest BCUT2D eigenvalue weighted by Crippen LogP contribution is 2.36. The lowest BCUT2D eigenvalue weighted by Gasteiger charge is -2.15. The molecule has 1 aromatic carbocycles. The predicted octanol–water partition coefficient (Wildman–Crippen LogP) is 1.28. The Morgan fingerprint density at radius 3 is 2.61 bits per heavy atom. The lowest BCUT2D eigenvalue weighted by Crippen LogP contribution is -2.27. The number of nitrogens with two attached hydrogens (primary N) is 1. The molecule has 0 saturated carbocycles. The zero-order chi connectivity index (χ0) is 13.8. The molecule has 98 valence electrons. The van der Waals surface area contributed by atoms with E-state index in [4.69, 9.17) is 20.8 Å². The van der Waals surface area contributed by atoms with Crippen molar-refractivity contribution in [1.29, 1.82) is 5.26 Å². The third kappa shape index (κ3) is 3.61. The maximum absolute atomic E-state index is 12.7. The van der Waals surface area contributed by atoms with Crippen LogP contribution >= 0.6 is 0 Å². The largest absolute Gasteiger partial charge is 0.490 e. The number of ether oxygens (including phenoxy) is 1. The van der Waals surface area contributed by atoms with Crippen molar-refractivity contribution in [2.24, 2.45) is 5.73 Å². The molecule has 0 fully saturated rings. The molecular weight excluding hydrogens is 249 g/mol. The van der Waals surface area contributed by atoms with Gasteiger partial charge in [-0.15, -0.1) is 0 Å². The fraction of sp³-hybridized carbons (Fsp3) is 0.364. The average molecular weight is 260 g/mol. The first-order valence-electron chi connectivity index (χ1n) is 5.00. The van der Waals surface area contributed by atoms with Crippen molar-refractivity contribution < 1.29 is 23.0 Å². The summed E-state index contributed by atoms with van der Waals surface area (Å²) in [5, 5.41) is 17.7. The van der Waals surface area contributed by atoms with Crippen LogP contribution in [0.25, 0.3) is 0 Å². The van der Waals surface area contributed by atoms with E-state index in [2.05, 4.69) is 0 Å². The summed E-state index contributed by atoms with van der Waals surface area (Å²) in [6, 6.07) is 4.57. The molecule has 0 aliphatic rings. The Kier molecular flexibility index (Phi) is 4.53. The van der Waals surface area contributed by atoms with Gasteiger partial charge < -0.3 is 15.6 Å². The summed E-state index contributed by atoms with van der Waals surface area (Å²) in [7, 11) is 0. The van der Waals surface area contributed by atoms with E-state index in [1.165, 1.54) is 6.07 Å². The molecule has 1 unspecified atom stereocenters. The summed E-state index contributed by atoms with van der Waals surface area (Å²) in [5.41, 5.74) is 3.94. The van der Waals surface area contributed by atoms with Crippen molar-refractivity contribution in [3.8, 4) is 11.8 Å². The van der Waals surface area contributed by atoms with Crippen LogP contribution in [0.1, 0.15) is 11.1 Å². The molecule has 0 spiro atoms. The number of alkyl halides is 3. The number of aliphatic hydroxyl groups excluding tert-OH is 1. The van der Waals surface area contributed by atoms with Gasteiger partial charge in [0.05, 0.1) is 17.2 Å². The molecule has 1 rings (SSSR count). The van der Waals surface area contributed by atoms with Crippen LogP contribution in [-0.2, 0) is 6.18 Å². The van der Waals surface area contributed by atoms with Crippen molar-refractivity contribution >= 4 is 0 Å². The van der Waals surface area contributed by atoms with Crippen molar-refractivity contribution in [3.05, 3.63) is 29.3 Å². The van der Waals surface area contributed by atoms with E-state index in [0.29, 0.717) is 6.07 Å². The van der Waals surface area contributed by atoms with Gasteiger partial charge in [0, 0.05) is 6.54 Å². The zero-order valence-corrected chi connectivity index (χ0v) is 9.24. The number of nitrogens with zero attached hydrogens (tertiary/aromatic N) is 1. The monoisotopic (exact) mass is 260 g/mol.